The van der Waals surface area contributed by atoms with Crippen LogP contribution < -0.4 is 10.5 Å². The number of aryl methyl sites for hydroxylation is 1. The van der Waals surface area contributed by atoms with E-state index in [2.05, 4.69) is 11.6 Å². The molecule has 0 amide bonds. The lowest BCUT2D eigenvalue weighted by atomic mass is 10.1. The number of hydrogen-bond donors (Lipinski definition) is 2. The van der Waals surface area contributed by atoms with E-state index in [1.165, 1.54) is 0 Å². The van der Waals surface area contributed by atoms with Gasteiger partial charge in [-0.2, -0.15) is 0 Å². The molecule has 0 radical (unpaired) electrons. The molecule has 0 fully saturated rings. The molecule has 1 aromatic carbocycles. The standard InChI is InChI=1S/C14H24N2O2S/c1-3-5-12-6-8-14(9-7-12)19(17,18)16-13(4-2)10-11-15/h6-9,13,16H,3-5,10-11,15H2,1-2H3. The van der Waals surface area contributed by atoms with Gasteiger partial charge in [-0.25, -0.2) is 13.1 Å². The van der Waals surface area contributed by atoms with Crippen LogP contribution in [0, 0.1) is 0 Å². The lowest BCUT2D eigenvalue weighted by Gasteiger charge is -2.16. The molecule has 0 aliphatic rings. The van der Waals surface area contributed by atoms with Gasteiger partial charge in [-0.05, 0) is 43.5 Å². The van der Waals surface area contributed by atoms with Crippen molar-refractivity contribution in [1.82, 2.24) is 4.72 Å². The fraction of sp³-hybridized carbons (Fsp3) is 0.571. The van der Waals surface area contributed by atoms with Crippen LogP contribution in [0.4, 0.5) is 0 Å². The second-order valence-electron chi connectivity index (χ2n) is 4.70. The summed E-state index contributed by atoms with van der Waals surface area (Å²) >= 11 is 0. The molecule has 0 spiro atoms. The van der Waals surface area contributed by atoms with E-state index in [0.29, 0.717) is 17.9 Å². The van der Waals surface area contributed by atoms with Crippen LogP contribution in [0.3, 0.4) is 0 Å². The van der Waals surface area contributed by atoms with Gasteiger partial charge in [-0.1, -0.05) is 32.4 Å². The van der Waals surface area contributed by atoms with Gasteiger partial charge in [-0.3, -0.25) is 0 Å². The third kappa shape index (κ3) is 4.93. The van der Waals surface area contributed by atoms with Gasteiger partial charge in [0.15, 0.2) is 0 Å². The molecule has 3 N–H and O–H groups in total. The molecule has 19 heavy (non-hydrogen) atoms. The van der Waals surface area contributed by atoms with Gasteiger partial charge in [-0.15, -0.1) is 0 Å². The molecule has 0 aliphatic carbocycles. The Hall–Kier alpha value is -0.910. The number of rotatable bonds is 8. The number of nitrogens with two attached hydrogens (primary N) is 1. The summed E-state index contributed by atoms with van der Waals surface area (Å²) in [5.74, 6) is 0. The smallest absolute Gasteiger partial charge is 0.240 e. The summed E-state index contributed by atoms with van der Waals surface area (Å²) in [6, 6.07) is 7.00. The summed E-state index contributed by atoms with van der Waals surface area (Å²) in [7, 11) is -3.43. The first-order valence-corrected chi connectivity index (χ1v) is 8.33. The van der Waals surface area contributed by atoms with Gasteiger partial charge in [0.05, 0.1) is 4.90 Å². The Bertz CT molecular complexity index is 469. The Kier molecular flexibility index (Phi) is 6.48. The van der Waals surface area contributed by atoms with Crippen LogP contribution in [0.1, 0.15) is 38.7 Å². The third-order valence-electron chi connectivity index (χ3n) is 3.10. The highest BCUT2D eigenvalue weighted by Crippen LogP contribution is 2.13. The minimum Gasteiger partial charge on any atom is -0.330 e. The van der Waals surface area contributed by atoms with Crippen molar-refractivity contribution < 1.29 is 8.42 Å². The molecule has 0 saturated heterocycles. The zero-order valence-corrected chi connectivity index (χ0v) is 12.5. The van der Waals surface area contributed by atoms with Gasteiger partial charge in [0.2, 0.25) is 10.0 Å². The zero-order chi connectivity index (χ0) is 14.3. The van der Waals surface area contributed by atoms with E-state index in [4.69, 9.17) is 5.73 Å². The zero-order valence-electron chi connectivity index (χ0n) is 11.7. The molecular weight excluding hydrogens is 260 g/mol. The SMILES string of the molecule is CCCc1ccc(S(=O)(=O)NC(CC)CCN)cc1. The number of sulfonamides is 1. The first-order chi connectivity index (χ1) is 9.03. The number of hydrogen-bond acceptors (Lipinski definition) is 3. The van der Waals surface area contributed by atoms with E-state index >= 15 is 0 Å². The topological polar surface area (TPSA) is 72.2 Å². The molecule has 1 unspecified atom stereocenters. The van der Waals surface area contributed by atoms with Gasteiger partial charge in [0.1, 0.15) is 0 Å². The summed E-state index contributed by atoms with van der Waals surface area (Å²) < 4.78 is 27.1. The predicted molar refractivity (Wildman–Crippen MR) is 78.5 cm³/mol. The van der Waals surface area contributed by atoms with Crippen molar-refractivity contribution in [1.29, 1.82) is 0 Å². The largest absolute Gasteiger partial charge is 0.330 e. The number of benzene rings is 1. The van der Waals surface area contributed by atoms with Crippen LogP contribution in [0.2, 0.25) is 0 Å². The van der Waals surface area contributed by atoms with Crippen molar-refractivity contribution >= 4 is 10.0 Å². The summed E-state index contributed by atoms with van der Waals surface area (Å²) in [6.07, 6.45) is 3.42. The van der Waals surface area contributed by atoms with Crippen molar-refractivity contribution in [2.24, 2.45) is 5.73 Å². The van der Waals surface area contributed by atoms with Crippen LogP contribution in [-0.4, -0.2) is 21.0 Å². The molecule has 0 bridgehead atoms. The normalized spacial score (nSPS) is 13.4. The highest BCUT2D eigenvalue weighted by molar-refractivity contribution is 7.89. The van der Waals surface area contributed by atoms with Crippen LogP contribution in [0.25, 0.3) is 0 Å². The van der Waals surface area contributed by atoms with Gasteiger partial charge in [0.25, 0.3) is 0 Å². The molecule has 0 aliphatic heterocycles. The molecule has 0 heterocycles. The maximum atomic E-state index is 12.2. The van der Waals surface area contributed by atoms with Crippen molar-refractivity contribution in [3.63, 3.8) is 0 Å². The van der Waals surface area contributed by atoms with Gasteiger partial charge < -0.3 is 5.73 Å². The molecular formula is C14H24N2O2S. The van der Waals surface area contributed by atoms with Crippen LogP contribution in [0.15, 0.2) is 29.2 Å². The van der Waals surface area contributed by atoms with Crippen LogP contribution >= 0.6 is 0 Å². The second-order valence-corrected chi connectivity index (χ2v) is 6.41. The Morgan fingerprint density at radius 1 is 1.21 bits per heavy atom. The summed E-state index contributed by atoms with van der Waals surface area (Å²) in [5.41, 5.74) is 6.64. The van der Waals surface area contributed by atoms with E-state index in [1.54, 1.807) is 12.1 Å². The van der Waals surface area contributed by atoms with Crippen molar-refractivity contribution in [2.75, 3.05) is 6.54 Å². The lowest BCUT2D eigenvalue weighted by Crippen LogP contribution is -2.35. The van der Waals surface area contributed by atoms with Crippen molar-refractivity contribution in [2.45, 2.75) is 50.5 Å². The quantitative estimate of drug-likeness (QED) is 0.767. The maximum Gasteiger partial charge on any atom is 0.240 e. The Labute approximate surface area is 116 Å². The molecule has 1 aromatic rings. The minimum absolute atomic E-state index is 0.0923. The molecule has 1 atom stereocenters. The van der Waals surface area contributed by atoms with E-state index in [1.807, 2.05) is 19.1 Å². The molecule has 5 heteroatoms. The fourth-order valence-corrected chi connectivity index (χ4v) is 3.31. The van der Waals surface area contributed by atoms with Gasteiger partial charge in [0, 0.05) is 6.04 Å². The lowest BCUT2D eigenvalue weighted by molar-refractivity contribution is 0.521. The van der Waals surface area contributed by atoms with E-state index in [9.17, 15) is 8.42 Å². The summed E-state index contributed by atoms with van der Waals surface area (Å²) in [6.45, 7) is 4.54. The summed E-state index contributed by atoms with van der Waals surface area (Å²) in [5, 5.41) is 0. The van der Waals surface area contributed by atoms with Crippen molar-refractivity contribution in [3.05, 3.63) is 29.8 Å². The molecule has 1 rings (SSSR count). The monoisotopic (exact) mass is 284 g/mol. The Morgan fingerprint density at radius 2 is 1.84 bits per heavy atom. The number of nitrogens with one attached hydrogen (secondary N) is 1. The Morgan fingerprint density at radius 3 is 2.32 bits per heavy atom. The van der Waals surface area contributed by atoms with Crippen LogP contribution in [-0.2, 0) is 16.4 Å². The Balaban J connectivity index is 2.81. The first kappa shape index (κ1) is 16.1. The van der Waals surface area contributed by atoms with E-state index in [0.717, 1.165) is 24.8 Å². The molecule has 0 aromatic heterocycles. The first-order valence-electron chi connectivity index (χ1n) is 6.84. The van der Waals surface area contributed by atoms with Crippen LogP contribution in [0.5, 0.6) is 0 Å². The third-order valence-corrected chi connectivity index (χ3v) is 4.64. The summed E-state index contributed by atoms with van der Waals surface area (Å²) in [4.78, 5) is 0.322. The molecule has 4 nitrogen and oxygen atoms in total. The van der Waals surface area contributed by atoms with Crippen molar-refractivity contribution in [3.8, 4) is 0 Å². The predicted octanol–water partition coefficient (Wildman–Crippen LogP) is 2.04. The average molecular weight is 284 g/mol. The maximum absolute atomic E-state index is 12.2. The average Bonchev–Trinajstić information content (AvgIpc) is 2.39. The molecule has 108 valence electrons. The second kappa shape index (κ2) is 7.62. The van der Waals surface area contributed by atoms with Gasteiger partial charge >= 0.3 is 0 Å². The van der Waals surface area contributed by atoms with E-state index in [-0.39, 0.29) is 6.04 Å². The highest BCUT2D eigenvalue weighted by Gasteiger charge is 2.18. The fourth-order valence-electron chi connectivity index (χ4n) is 1.96. The molecule has 0 saturated carbocycles. The highest BCUT2D eigenvalue weighted by atomic mass is 32.2. The minimum atomic E-state index is -3.43. The van der Waals surface area contributed by atoms with E-state index < -0.39 is 10.0 Å².